The molecule has 4 rings (SSSR count). The number of rotatable bonds is 10. The van der Waals surface area contributed by atoms with Crippen LogP contribution >= 0.6 is 0 Å². The lowest BCUT2D eigenvalue weighted by Gasteiger charge is -2.19. The molecule has 1 atom stereocenters. The third kappa shape index (κ3) is 6.76. The van der Waals surface area contributed by atoms with Crippen molar-refractivity contribution in [3.05, 3.63) is 102 Å². The normalized spacial score (nSPS) is 11.5. The summed E-state index contributed by atoms with van der Waals surface area (Å²) in [6.07, 6.45) is 0.884. The van der Waals surface area contributed by atoms with Crippen molar-refractivity contribution in [3.8, 4) is 11.5 Å². The van der Waals surface area contributed by atoms with Crippen molar-refractivity contribution in [1.82, 2.24) is 5.32 Å². The number of carboxylic acid groups (broad SMARTS) is 1. The van der Waals surface area contributed by atoms with Gasteiger partial charge in [0.25, 0.3) is 5.91 Å². The first-order valence-corrected chi connectivity index (χ1v) is 12.5. The van der Waals surface area contributed by atoms with Crippen LogP contribution in [0, 0.1) is 0 Å². The Hall–Kier alpha value is -4.65. The summed E-state index contributed by atoms with van der Waals surface area (Å²) in [4.78, 5) is 35.8. The highest BCUT2D eigenvalue weighted by Crippen LogP contribution is 2.28. The second kappa shape index (κ2) is 12.1. The van der Waals surface area contributed by atoms with E-state index in [1.807, 2.05) is 49.4 Å². The van der Waals surface area contributed by atoms with Crippen molar-refractivity contribution < 1.29 is 24.2 Å². The second-order valence-corrected chi connectivity index (χ2v) is 9.14. The van der Waals surface area contributed by atoms with Gasteiger partial charge in [0.05, 0.1) is 6.04 Å². The van der Waals surface area contributed by atoms with E-state index in [9.17, 15) is 14.4 Å². The third-order valence-electron chi connectivity index (χ3n) is 6.21. The van der Waals surface area contributed by atoms with E-state index < -0.39 is 5.97 Å². The highest BCUT2D eigenvalue weighted by molar-refractivity contribution is 5.97. The molecule has 0 saturated heterocycles. The van der Waals surface area contributed by atoms with E-state index in [0.29, 0.717) is 35.6 Å². The average molecular weight is 511 g/mol. The molecule has 4 aromatic rings. The number of anilines is 1. The number of fused-ring (bicyclic) bond motifs is 1. The van der Waals surface area contributed by atoms with Crippen LogP contribution in [-0.4, -0.2) is 22.9 Å². The monoisotopic (exact) mass is 510 g/mol. The highest BCUT2D eigenvalue weighted by atomic mass is 16.5. The summed E-state index contributed by atoms with van der Waals surface area (Å²) in [5.74, 6) is -0.272. The van der Waals surface area contributed by atoms with Crippen molar-refractivity contribution in [2.45, 2.75) is 39.2 Å². The molecule has 0 aliphatic heterocycles. The maximum Gasteiger partial charge on any atom is 0.303 e. The first-order valence-electron chi connectivity index (χ1n) is 12.5. The minimum absolute atomic E-state index is 0.0202. The van der Waals surface area contributed by atoms with Crippen LogP contribution in [0.2, 0.25) is 0 Å². The molecule has 7 heteroatoms. The molecule has 0 fully saturated rings. The predicted octanol–water partition coefficient (Wildman–Crippen LogP) is 6.49. The number of benzene rings is 4. The number of carboxylic acids is 1. The molecule has 194 valence electrons. The molecule has 0 radical (unpaired) electrons. The second-order valence-electron chi connectivity index (χ2n) is 9.14. The summed E-state index contributed by atoms with van der Waals surface area (Å²) in [5.41, 5.74) is 2.86. The average Bonchev–Trinajstić information content (AvgIpc) is 2.89. The molecule has 4 aromatic carbocycles. The van der Waals surface area contributed by atoms with Crippen molar-refractivity contribution in [1.29, 1.82) is 0 Å². The van der Waals surface area contributed by atoms with E-state index in [4.69, 9.17) is 9.84 Å². The van der Waals surface area contributed by atoms with Gasteiger partial charge >= 0.3 is 5.97 Å². The molecule has 38 heavy (non-hydrogen) atoms. The SMILES string of the molecule is CC(=O)Nc1ccc(Oc2ccc(CCCC(=O)O)c(C(=O)N[C@H](C)c3cccc4ccccc34)c2)cc1. The molecular weight excluding hydrogens is 480 g/mol. The predicted molar refractivity (Wildman–Crippen MR) is 148 cm³/mol. The number of aliphatic carboxylic acids is 1. The fraction of sp³-hybridized carbons (Fsp3) is 0.194. The molecule has 7 nitrogen and oxygen atoms in total. The van der Waals surface area contributed by atoms with Crippen LogP contribution in [0.5, 0.6) is 11.5 Å². The first kappa shape index (κ1) is 26.4. The van der Waals surface area contributed by atoms with Crippen LogP contribution in [-0.2, 0) is 16.0 Å². The molecular formula is C31H30N2O5. The number of nitrogens with one attached hydrogen (secondary N) is 2. The van der Waals surface area contributed by atoms with Crippen LogP contribution in [0.15, 0.2) is 84.9 Å². The summed E-state index contributed by atoms with van der Waals surface area (Å²) in [7, 11) is 0. The van der Waals surface area contributed by atoms with Crippen molar-refractivity contribution >= 4 is 34.2 Å². The lowest BCUT2D eigenvalue weighted by molar-refractivity contribution is -0.137. The van der Waals surface area contributed by atoms with Gasteiger partial charge in [-0.15, -0.1) is 0 Å². The van der Waals surface area contributed by atoms with E-state index in [-0.39, 0.29) is 24.3 Å². The van der Waals surface area contributed by atoms with E-state index in [1.54, 1.807) is 42.5 Å². The van der Waals surface area contributed by atoms with Gasteiger partial charge in [0.1, 0.15) is 11.5 Å². The Balaban J connectivity index is 1.57. The van der Waals surface area contributed by atoms with Gasteiger partial charge in [-0.3, -0.25) is 14.4 Å². The zero-order valence-electron chi connectivity index (χ0n) is 21.4. The Kier molecular flexibility index (Phi) is 8.38. The van der Waals surface area contributed by atoms with Crippen molar-refractivity contribution in [2.75, 3.05) is 5.32 Å². The molecule has 0 saturated carbocycles. The standard InChI is InChI=1S/C31H30N2O5/c1-20(27-11-5-8-22-7-3-4-10-28(22)27)32-31(37)29-19-26(16-13-23(29)9-6-12-30(35)36)38-25-17-14-24(15-18-25)33-21(2)34/h3-5,7-8,10-11,13-20H,6,9,12H2,1-2H3,(H,32,37)(H,33,34)(H,35,36)/t20-/m1/s1. The molecule has 2 amide bonds. The summed E-state index contributed by atoms with van der Waals surface area (Å²) in [6, 6.07) is 26.0. The molecule has 0 spiro atoms. The number of hydrogen-bond acceptors (Lipinski definition) is 4. The van der Waals surface area contributed by atoms with E-state index >= 15 is 0 Å². The van der Waals surface area contributed by atoms with E-state index in [1.165, 1.54) is 6.92 Å². The van der Waals surface area contributed by atoms with Crippen LogP contribution in [0.25, 0.3) is 10.8 Å². The Morgan fingerprint density at radius 2 is 1.61 bits per heavy atom. The molecule has 3 N–H and O–H groups in total. The zero-order valence-corrected chi connectivity index (χ0v) is 21.4. The van der Waals surface area contributed by atoms with Crippen molar-refractivity contribution in [3.63, 3.8) is 0 Å². The van der Waals surface area contributed by atoms with Crippen LogP contribution in [0.1, 0.15) is 54.2 Å². The number of amides is 2. The Morgan fingerprint density at radius 1 is 0.895 bits per heavy atom. The minimum atomic E-state index is -0.872. The summed E-state index contributed by atoms with van der Waals surface area (Å²) in [5, 5.41) is 17.0. The Labute approximate surface area is 221 Å². The van der Waals surface area contributed by atoms with Gasteiger partial charge < -0.3 is 20.5 Å². The molecule has 0 aromatic heterocycles. The van der Waals surface area contributed by atoms with Crippen LogP contribution < -0.4 is 15.4 Å². The van der Waals surface area contributed by atoms with Gasteiger partial charge in [0.15, 0.2) is 0 Å². The Morgan fingerprint density at radius 3 is 2.34 bits per heavy atom. The fourth-order valence-corrected chi connectivity index (χ4v) is 4.40. The molecule has 0 heterocycles. The number of ether oxygens (including phenoxy) is 1. The number of hydrogen-bond donors (Lipinski definition) is 3. The smallest absolute Gasteiger partial charge is 0.303 e. The van der Waals surface area contributed by atoms with E-state index in [0.717, 1.165) is 21.9 Å². The van der Waals surface area contributed by atoms with Gasteiger partial charge in [0.2, 0.25) is 5.91 Å². The number of carbonyl (C=O) groups excluding carboxylic acids is 2. The molecule has 0 bridgehead atoms. The molecule has 0 aliphatic carbocycles. The van der Waals surface area contributed by atoms with Crippen molar-refractivity contribution in [2.24, 2.45) is 0 Å². The summed E-state index contributed by atoms with van der Waals surface area (Å²) >= 11 is 0. The summed E-state index contributed by atoms with van der Waals surface area (Å²) < 4.78 is 5.99. The van der Waals surface area contributed by atoms with Crippen LogP contribution in [0.4, 0.5) is 5.69 Å². The van der Waals surface area contributed by atoms with Gasteiger partial charge in [-0.1, -0.05) is 48.5 Å². The largest absolute Gasteiger partial charge is 0.481 e. The zero-order chi connectivity index (χ0) is 27.1. The number of aryl methyl sites for hydroxylation is 1. The number of carbonyl (C=O) groups is 3. The maximum absolute atomic E-state index is 13.5. The van der Waals surface area contributed by atoms with Gasteiger partial charge in [-0.05, 0) is 78.1 Å². The highest BCUT2D eigenvalue weighted by Gasteiger charge is 2.18. The molecule has 0 aliphatic rings. The lowest BCUT2D eigenvalue weighted by Crippen LogP contribution is -2.27. The maximum atomic E-state index is 13.5. The Bertz CT molecular complexity index is 1460. The third-order valence-corrected chi connectivity index (χ3v) is 6.21. The minimum Gasteiger partial charge on any atom is -0.481 e. The van der Waals surface area contributed by atoms with Crippen LogP contribution in [0.3, 0.4) is 0 Å². The van der Waals surface area contributed by atoms with Gasteiger partial charge in [-0.2, -0.15) is 0 Å². The molecule has 0 unspecified atom stereocenters. The topological polar surface area (TPSA) is 105 Å². The van der Waals surface area contributed by atoms with Gasteiger partial charge in [-0.25, -0.2) is 0 Å². The quantitative estimate of drug-likeness (QED) is 0.226. The summed E-state index contributed by atoms with van der Waals surface area (Å²) in [6.45, 7) is 3.39. The van der Waals surface area contributed by atoms with E-state index in [2.05, 4.69) is 10.6 Å². The first-order chi connectivity index (χ1) is 18.3. The lowest BCUT2D eigenvalue weighted by atomic mass is 9.98. The fourth-order valence-electron chi connectivity index (χ4n) is 4.40. The van der Waals surface area contributed by atoms with Gasteiger partial charge in [0, 0.05) is 24.6 Å².